The van der Waals surface area contributed by atoms with Crippen molar-refractivity contribution in [2.75, 3.05) is 7.11 Å². The van der Waals surface area contributed by atoms with Crippen molar-refractivity contribution in [1.29, 1.82) is 0 Å². The van der Waals surface area contributed by atoms with Crippen molar-refractivity contribution in [3.8, 4) is 5.75 Å². The number of nitrogens with zero attached hydrogens (tertiary/aromatic N) is 1. The van der Waals surface area contributed by atoms with E-state index in [9.17, 15) is 9.59 Å². The average molecular weight is 428 g/mol. The van der Waals surface area contributed by atoms with Crippen LogP contribution in [-0.2, 0) is 22.5 Å². The fourth-order valence-corrected chi connectivity index (χ4v) is 2.68. The summed E-state index contributed by atoms with van der Waals surface area (Å²) in [4.78, 5) is 23.4. The molecule has 0 heterocycles. The molecule has 0 aliphatic rings. The Hall–Kier alpha value is -3.55. The molecule has 0 radical (unpaired) electrons. The molecule has 2 aromatic rings. The molecule has 0 aliphatic heterocycles. The van der Waals surface area contributed by atoms with Gasteiger partial charge in [0.1, 0.15) is 18.0 Å². The van der Waals surface area contributed by atoms with E-state index < -0.39 is 17.7 Å². The number of esters is 1. The van der Waals surface area contributed by atoms with Gasteiger partial charge in [-0.05, 0) is 62.6 Å². The number of methoxy groups -OCH3 is 1. The lowest BCUT2D eigenvalue weighted by atomic mass is 10.1. The fourth-order valence-electron chi connectivity index (χ4n) is 2.68. The standard InChI is InChI=1S/C23H28N2O6/c1-23(2,3)31-22(27)25-19(14-24-28)13-16-7-11-20(12-8-16)30-15-17-5-9-18(10-6-17)21(26)29-4/h5-12,14,19,28H,13,15H2,1-4H3,(H,25,27)/b24-14+/t19-/m0/s1. The van der Waals surface area contributed by atoms with Crippen LogP contribution in [0.25, 0.3) is 0 Å². The summed E-state index contributed by atoms with van der Waals surface area (Å²) < 4.78 is 15.7. The van der Waals surface area contributed by atoms with Gasteiger partial charge in [0.2, 0.25) is 0 Å². The van der Waals surface area contributed by atoms with E-state index in [1.807, 2.05) is 36.4 Å². The highest BCUT2D eigenvalue weighted by molar-refractivity contribution is 5.89. The molecule has 31 heavy (non-hydrogen) atoms. The fraction of sp³-hybridized carbons (Fsp3) is 0.348. The summed E-state index contributed by atoms with van der Waals surface area (Å²) in [6.07, 6.45) is 1.07. The van der Waals surface area contributed by atoms with E-state index in [-0.39, 0.29) is 5.97 Å². The molecule has 1 amide bonds. The zero-order valence-electron chi connectivity index (χ0n) is 18.1. The molecule has 1 atom stereocenters. The van der Waals surface area contributed by atoms with Gasteiger partial charge in [-0.25, -0.2) is 9.59 Å². The molecule has 0 unspecified atom stereocenters. The van der Waals surface area contributed by atoms with Crippen molar-refractivity contribution in [1.82, 2.24) is 5.32 Å². The maximum Gasteiger partial charge on any atom is 0.408 e. The van der Waals surface area contributed by atoms with Crippen molar-refractivity contribution in [3.05, 3.63) is 65.2 Å². The lowest BCUT2D eigenvalue weighted by molar-refractivity contribution is 0.0517. The van der Waals surface area contributed by atoms with Gasteiger partial charge in [-0.1, -0.05) is 29.4 Å². The summed E-state index contributed by atoms with van der Waals surface area (Å²) in [6, 6.07) is 13.8. The molecule has 0 fully saturated rings. The van der Waals surface area contributed by atoms with Crippen LogP contribution < -0.4 is 10.1 Å². The first-order valence-electron chi connectivity index (χ1n) is 9.76. The van der Waals surface area contributed by atoms with Gasteiger partial charge >= 0.3 is 12.1 Å². The molecule has 0 aliphatic carbocycles. The zero-order chi connectivity index (χ0) is 22.9. The number of oxime groups is 1. The Bertz CT molecular complexity index is 886. The van der Waals surface area contributed by atoms with E-state index in [2.05, 4.69) is 15.2 Å². The highest BCUT2D eigenvalue weighted by Gasteiger charge is 2.19. The van der Waals surface area contributed by atoms with Crippen molar-refractivity contribution in [2.24, 2.45) is 5.16 Å². The second-order valence-electron chi connectivity index (χ2n) is 7.84. The van der Waals surface area contributed by atoms with Crippen molar-refractivity contribution < 1.29 is 29.0 Å². The topological polar surface area (TPSA) is 106 Å². The number of amides is 1. The number of hydrogen-bond donors (Lipinski definition) is 2. The van der Waals surface area contributed by atoms with Crippen LogP contribution in [0, 0.1) is 0 Å². The zero-order valence-corrected chi connectivity index (χ0v) is 18.1. The smallest absolute Gasteiger partial charge is 0.408 e. The van der Waals surface area contributed by atoms with Crippen LogP contribution >= 0.6 is 0 Å². The Morgan fingerprint density at radius 2 is 1.68 bits per heavy atom. The summed E-state index contributed by atoms with van der Waals surface area (Å²) in [5.74, 6) is 0.294. The SMILES string of the molecule is COC(=O)c1ccc(COc2ccc(C[C@@H](/C=N/O)NC(=O)OC(C)(C)C)cc2)cc1. The van der Waals surface area contributed by atoms with Crippen LogP contribution in [0.2, 0.25) is 0 Å². The minimum Gasteiger partial charge on any atom is -0.489 e. The Labute approximate surface area is 181 Å². The predicted octanol–water partition coefficient (Wildman–Crippen LogP) is 3.95. The number of hydrogen-bond acceptors (Lipinski definition) is 7. The molecule has 0 bridgehead atoms. The van der Waals surface area contributed by atoms with Crippen LogP contribution in [0.4, 0.5) is 4.79 Å². The van der Waals surface area contributed by atoms with Crippen molar-refractivity contribution >= 4 is 18.3 Å². The van der Waals surface area contributed by atoms with E-state index in [0.29, 0.717) is 24.3 Å². The van der Waals surface area contributed by atoms with Crippen molar-refractivity contribution in [3.63, 3.8) is 0 Å². The van der Waals surface area contributed by atoms with Crippen molar-refractivity contribution in [2.45, 2.75) is 45.4 Å². The van der Waals surface area contributed by atoms with E-state index in [0.717, 1.165) is 11.1 Å². The van der Waals surface area contributed by atoms with Crippen LogP contribution in [0.1, 0.15) is 42.3 Å². The number of ether oxygens (including phenoxy) is 3. The van der Waals surface area contributed by atoms with Gasteiger partial charge in [-0.3, -0.25) is 0 Å². The van der Waals surface area contributed by atoms with Gasteiger partial charge in [0.15, 0.2) is 0 Å². The van der Waals surface area contributed by atoms with Gasteiger partial charge in [0, 0.05) is 0 Å². The first-order valence-corrected chi connectivity index (χ1v) is 9.76. The summed E-state index contributed by atoms with van der Waals surface area (Å²) in [6.45, 7) is 5.66. The molecule has 0 aromatic heterocycles. The summed E-state index contributed by atoms with van der Waals surface area (Å²) in [5, 5.41) is 14.6. The lowest BCUT2D eigenvalue weighted by Gasteiger charge is -2.22. The summed E-state index contributed by atoms with van der Waals surface area (Å²) >= 11 is 0. The third kappa shape index (κ3) is 8.38. The molecule has 8 nitrogen and oxygen atoms in total. The van der Waals surface area contributed by atoms with Crippen LogP contribution in [-0.4, -0.2) is 42.2 Å². The third-order valence-electron chi connectivity index (χ3n) is 4.11. The number of alkyl carbamates (subject to hydrolysis) is 1. The molecular formula is C23H28N2O6. The Balaban J connectivity index is 1.91. The number of nitrogens with one attached hydrogen (secondary N) is 1. The quantitative estimate of drug-likeness (QED) is 0.285. The predicted molar refractivity (Wildman–Crippen MR) is 116 cm³/mol. The van der Waals surface area contributed by atoms with E-state index in [1.165, 1.54) is 13.3 Å². The summed E-state index contributed by atoms with van der Waals surface area (Å²) in [5.41, 5.74) is 1.69. The minimum absolute atomic E-state index is 0.348. The number of benzene rings is 2. The first kappa shape index (κ1) is 23.7. The average Bonchev–Trinajstić information content (AvgIpc) is 2.72. The molecule has 0 saturated heterocycles. The van der Waals surface area contributed by atoms with Crippen LogP contribution in [0.15, 0.2) is 53.7 Å². The minimum atomic E-state index is -0.621. The highest BCUT2D eigenvalue weighted by Crippen LogP contribution is 2.16. The second-order valence-corrected chi connectivity index (χ2v) is 7.84. The summed E-state index contributed by atoms with van der Waals surface area (Å²) in [7, 11) is 1.34. The monoisotopic (exact) mass is 428 g/mol. The van der Waals surface area contributed by atoms with E-state index >= 15 is 0 Å². The van der Waals surface area contributed by atoms with Gasteiger partial charge in [0.25, 0.3) is 0 Å². The molecule has 166 valence electrons. The number of carbonyl (C=O) groups excluding carboxylic acids is 2. The first-order chi connectivity index (χ1) is 14.7. The maximum absolute atomic E-state index is 12.0. The van der Waals surface area contributed by atoms with Gasteiger partial charge in [-0.15, -0.1) is 0 Å². The Morgan fingerprint density at radius 1 is 1.06 bits per heavy atom. The van der Waals surface area contributed by atoms with Gasteiger partial charge in [0.05, 0.1) is 24.9 Å². The maximum atomic E-state index is 12.0. The van der Waals surface area contributed by atoms with E-state index in [1.54, 1.807) is 32.9 Å². The molecular weight excluding hydrogens is 400 g/mol. The third-order valence-corrected chi connectivity index (χ3v) is 4.11. The Morgan fingerprint density at radius 3 is 2.23 bits per heavy atom. The molecule has 0 saturated carbocycles. The molecule has 2 aromatic carbocycles. The second kappa shape index (κ2) is 11.0. The van der Waals surface area contributed by atoms with Gasteiger partial charge in [-0.2, -0.15) is 0 Å². The molecule has 8 heteroatoms. The lowest BCUT2D eigenvalue weighted by Crippen LogP contribution is -2.41. The van der Waals surface area contributed by atoms with Crippen LogP contribution in [0.3, 0.4) is 0 Å². The van der Waals surface area contributed by atoms with E-state index in [4.69, 9.17) is 14.7 Å². The molecule has 0 spiro atoms. The largest absolute Gasteiger partial charge is 0.489 e. The Kier molecular flexibility index (Phi) is 8.43. The molecule has 2 N–H and O–H groups in total. The van der Waals surface area contributed by atoms with Gasteiger partial charge < -0.3 is 24.7 Å². The normalized spacial score (nSPS) is 12.3. The number of rotatable bonds is 8. The number of carbonyl (C=O) groups is 2. The molecule has 2 rings (SSSR count). The van der Waals surface area contributed by atoms with Crippen LogP contribution in [0.5, 0.6) is 5.75 Å². The highest BCUT2D eigenvalue weighted by atomic mass is 16.6.